The summed E-state index contributed by atoms with van der Waals surface area (Å²) in [6.45, 7) is 0.0243. The molecular weight excluding hydrogens is 266 g/mol. The molecule has 1 aliphatic heterocycles. The Kier molecular flexibility index (Phi) is 3.47. The second kappa shape index (κ2) is 5.58. The van der Waals surface area contributed by atoms with Gasteiger partial charge in [-0.25, -0.2) is 0 Å². The van der Waals surface area contributed by atoms with Crippen LogP contribution in [0.25, 0.3) is 6.08 Å². The Hall–Kier alpha value is -2.95. The molecule has 2 heterocycles. The van der Waals surface area contributed by atoms with E-state index in [0.717, 1.165) is 5.56 Å². The summed E-state index contributed by atoms with van der Waals surface area (Å²) in [4.78, 5) is 29.4. The van der Waals surface area contributed by atoms with Crippen LogP contribution >= 0.6 is 0 Å². The van der Waals surface area contributed by atoms with Gasteiger partial charge in [-0.15, -0.1) is 0 Å². The van der Waals surface area contributed by atoms with Crippen molar-refractivity contribution in [2.75, 3.05) is 16.8 Å². The predicted molar refractivity (Wildman–Crippen MR) is 80.7 cm³/mol. The van der Waals surface area contributed by atoms with Crippen LogP contribution in [-0.4, -0.2) is 23.3 Å². The van der Waals surface area contributed by atoms with Crippen molar-refractivity contribution >= 4 is 29.3 Å². The molecule has 0 spiro atoms. The number of pyridine rings is 1. The molecule has 1 aliphatic rings. The van der Waals surface area contributed by atoms with Crippen LogP contribution in [0.5, 0.6) is 0 Å². The fourth-order valence-electron chi connectivity index (χ4n) is 2.16. The van der Waals surface area contributed by atoms with Crippen molar-refractivity contribution in [2.45, 2.75) is 0 Å². The summed E-state index contributed by atoms with van der Waals surface area (Å²) in [5.74, 6) is -0.423. The summed E-state index contributed by atoms with van der Waals surface area (Å²) < 4.78 is 0. The average molecular weight is 279 g/mol. The van der Waals surface area contributed by atoms with Crippen LogP contribution in [0.15, 0.2) is 54.9 Å². The lowest BCUT2D eigenvalue weighted by Crippen LogP contribution is -2.41. The molecule has 2 aromatic rings. The normalized spacial score (nSPS) is 13.9. The summed E-state index contributed by atoms with van der Waals surface area (Å²) in [7, 11) is 0. The molecule has 0 unspecified atom stereocenters. The van der Waals surface area contributed by atoms with E-state index in [1.165, 1.54) is 11.0 Å². The number of hydrogen-bond donors (Lipinski definition) is 1. The summed E-state index contributed by atoms with van der Waals surface area (Å²) in [6, 6.07) is 10.9. The van der Waals surface area contributed by atoms with Crippen LogP contribution in [0.4, 0.5) is 11.4 Å². The van der Waals surface area contributed by atoms with Gasteiger partial charge in [0.25, 0.3) is 5.91 Å². The molecule has 2 amide bonds. The van der Waals surface area contributed by atoms with Crippen molar-refractivity contribution in [1.82, 2.24) is 4.98 Å². The summed E-state index contributed by atoms with van der Waals surface area (Å²) >= 11 is 0. The zero-order valence-electron chi connectivity index (χ0n) is 11.2. The maximum absolute atomic E-state index is 12.3. The third kappa shape index (κ3) is 2.81. The largest absolute Gasteiger partial charge is 0.323 e. The quantitative estimate of drug-likeness (QED) is 0.856. The number of nitrogens with one attached hydrogen (secondary N) is 1. The third-order valence-electron chi connectivity index (χ3n) is 3.16. The number of amides is 2. The topological polar surface area (TPSA) is 62.3 Å². The average Bonchev–Trinajstić information content (AvgIpc) is 2.52. The molecule has 0 atom stereocenters. The molecule has 5 nitrogen and oxygen atoms in total. The number of anilines is 2. The highest BCUT2D eigenvalue weighted by molar-refractivity contribution is 6.13. The van der Waals surface area contributed by atoms with E-state index < -0.39 is 0 Å². The zero-order valence-corrected chi connectivity index (χ0v) is 11.2. The van der Waals surface area contributed by atoms with E-state index in [2.05, 4.69) is 10.3 Å². The Balaban J connectivity index is 1.85. The van der Waals surface area contributed by atoms with Gasteiger partial charge in [0, 0.05) is 18.5 Å². The maximum Gasteiger partial charge on any atom is 0.251 e. The Bertz CT molecular complexity index is 710. The first kappa shape index (κ1) is 13.1. The number of para-hydroxylation sites is 2. The molecule has 0 saturated heterocycles. The lowest BCUT2D eigenvalue weighted by Gasteiger charge is -2.28. The summed E-state index contributed by atoms with van der Waals surface area (Å²) in [5, 5.41) is 2.75. The van der Waals surface area contributed by atoms with E-state index in [9.17, 15) is 9.59 Å². The van der Waals surface area contributed by atoms with Crippen molar-refractivity contribution < 1.29 is 9.59 Å². The van der Waals surface area contributed by atoms with Gasteiger partial charge in [-0.1, -0.05) is 12.1 Å². The Morgan fingerprint density at radius 2 is 1.95 bits per heavy atom. The molecule has 0 saturated carbocycles. The van der Waals surface area contributed by atoms with Gasteiger partial charge in [0.1, 0.15) is 6.54 Å². The fraction of sp³-hybridized carbons (Fsp3) is 0.0625. The highest BCUT2D eigenvalue weighted by Gasteiger charge is 2.24. The van der Waals surface area contributed by atoms with E-state index in [1.54, 1.807) is 36.7 Å². The smallest absolute Gasteiger partial charge is 0.251 e. The first-order chi connectivity index (χ1) is 10.2. The zero-order chi connectivity index (χ0) is 14.7. The van der Waals surface area contributed by atoms with Gasteiger partial charge < -0.3 is 5.32 Å². The number of carbonyl (C=O) groups excluding carboxylic acids is 2. The highest BCUT2D eigenvalue weighted by Crippen LogP contribution is 2.28. The van der Waals surface area contributed by atoms with E-state index >= 15 is 0 Å². The number of fused-ring (bicyclic) bond motifs is 1. The molecule has 0 radical (unpaired) electrons. The van der Waals surface area contributed by atoms with Gasteiger partial charge in [-0.2, -0.15) is 0 Å². The van der Waals surface area contributed by atoms with Crippen LogP contribution in [0.1, 0.15) is 5.56 Å². The maximum atomic E-state index is 12.3. The van der Waals surface area contributed by atoms with Gasteiger partial charge >= 0.3 is 0 Å². The molecule has 5 heteroatoms. The van der Waals surface area contributed by atoms with Crippen LogP contribution in [0, 0.1) is 0 Å². The monoisotopic (exact) mass is 279 g/mol. The second-order valence-electron chi connectivity index (χ2n) is 4.60. The fourth-order valence-corrected chi connectivity index (χ4v) is 2.16. The standard InChI is InChI=1S/C16H13N3O2/c20-15-11-19(14-4-2-1-3-13(14)18-15)16(21)6-5-12-7-9-17-10-8-12/h1-10H,11H2,(H,18,20). The summed E-state index contributed by atoms with van der Waals surface area (Å²) in [5.41, 5.74) is 2.24. The SMILES string of the molecule is O=C1CN(C(=O)C=Cc2ccncc2)c2ccccc2N1. The molecule has 21 heavy (non-hydrogen) atoms. The van der Waals surface area contributed by atoms with Crippen LogP contribution < -0.4 is 10.2 Å². The first-order valence-corrected chi connectivity index (χ1v) is 6.52. The Labute approximate surface area is 121 Å². The van der Waals surface area contributed by atoms with E-state index in [0.29, 0.717) is 11.4 Å². The third-order valence-corrected chi connectivity index (χ3v) is 3.16. The number of rotatable bonds is 2. The van der Waals surface area contributed by atoms with E-state index in [1.807, 2.05) is 18.2 Å². The first-order valence-electron chi connectivity index (χ1n) is 6.52. The van der Waals surface area contributed by atoms with Crippen molar-refractivity contribution in [2.24, 2.45) is 0 Å². The molecule has 1 aromatic heterocycles. The van der Waals surface area contributed by atoms with Gasteiger partial charge in [0.05, 0.1) is 11.4 Å². The van der Waals surface area contributed by atoms with Crippen molar-refractivity contribution in [1.29, 1.82) is 0 Å². The molecule has 0 fully saturated rings. The summed E-state index contributed by atoms with van der Waals surface area (Å²) in [6.07, 6.45) is 6.49. The van der Waals surface area contributed by atoms with E-state index in [-0.39, 0.29) is 18.4 Å². The second-order valence-corrected chi connectivity index (χ2v) is 4.60. The van der Waals surface area contributed by atoms with Crippen molar-refractivity contribution in [3.8, 4) is 0 Å². The highest BCUT2D eigenvalue weighted by atomic mass is 16.2. The molecule has 1 N–H and O–H groups in total. The molecule has 0 bridgehead atoms. The minimum absolute atomic E-state index is 0.0243. The van der Waals surface area contributed by atoms with E-state index in [4.69, 9.17) is 0 Å². The molecule has 0 aliphatic carbocycles. The van der Waals surface area contributed by atoms with Crippen LogP contribution in [0.2, 0.25) is 0 Å². The molecule has 3 rings (SSSR count). The number of nitrogens with zero attached hydrogens (tertiary/aromatic N) is 2. The minimum Gasteiger partial charge on any atom is -0.323 e. The molecular formula is C16H13N3O2. The number of aromatic nitrogens is 1. The lowest BCUT2D eigenvalue weighted by molar-refractivity contribution is -0.119. The lowest BCUT2D eigenvalue weighted by atomic mass is 10.2. The van der Waals surface area contributed by atoms with Crippen molar-refractivity contribution in [3.05, 3.63) is 60.4 Å². The van der Waals surface area contributed by atoms with Gasteiger partial charge in [0.2, 0.25) is 5.91 Å². The Morgan fingerprint density at radius 1 is 1.19 bits per heavy atom. The van der Waals surface area contributed by atoms with Crippen LogP contribution in [-0.2, 0) is 9.59 Å². The number of benzene rings is 1. The van der Waals surface area contributed by atoms with Crippen LogP contribution in [0.3, 0.4) is 0 Å². The molecule has 104 valence electrons. The predicted octanol–water partition coefficient (Wildman–Crippen LogP) is 2.08. The molecule has 1 aromatic carbocycles. The van der Waals surface area contributed by atoms with Gasteiger partial charge in [-0.3, -0.25) is 19.5 Å². The Morgan fingerprint density at radius 3 is 2.76 bits per heavy atom. The minimum atomic E-state index is -0.228. The number of carbonyl (C=O) groups is 2. The number of hydrogen-bond acceptors (Lipinski definition) is 3. The van der Waals surface area contributed by atoms with Crippen molar-refractivity contribution in [3.63, 3.8) is 0 Å². The van der Waals surface area contributed by atoms with Gasteiger partial charge in [0.15, 0.2) is 0 Å². The van der Waals surface area contributed by atoms with Gasteiger partial charge in [-0.05, 0) is 35.9 Å².